The van der Waals surface area contributed by atoms with Crippen LogP contribution >= 0.6 is 0 Å². The van der Waals surface area contributed by atoms with Gasteiger partial charge in [-0.3, -0.25) is 14.6 Å². The maximum atomic E-state index is 12.2. The molecule has 0 radical (unpaired) electrons. The Labute approximate surface area is 193 Å². The molecule has 1 aromatic rings. The van der Waals surface area contributed by atoms with E-state index in [-0.39, 0.29) is 5.92 Å². The van der Waals surface area contributed by atoms with Crippen molar-refractivity contribution in [2.45, 2.75) is 96.9 Å². The van der Waals surface area contributed by atoms with Crippen LogP contribution in [0.4, 0.5) is 5.95 Å². The molecule has 1 spiro atoms. The van der Waals surface area contributed by atoms with Gasteiger partial charge in [-0.1, -0.05) is 13.8 Å². The highest BCUT2D eigenvalue weighted by Gasteiger charge is 2.55. The van der Waals surface area contributed by atoms with Gasteiger partial charge in [0.25, 0.3) is 0 Å². The van der Waals surface area contributed by atoms with Crippen LogP contribution < -0.4 is 4.90 Å². The molecule has 2 aliphatic heterocycles. The van der Waals surface area contributed by atoms with Gasteiger partial charge in [-0.2, -0.15) is 0 Å². The third-order valence-electron chi connectivity index (χ3n) is 8.89. The molecule has 176 valence electrons. The van der Waals surface area contributed by atoms with Crippen molar-refractivity contribution in [3.63, 3.8) is 0 Å². The van der Waals surface area contributed by atoms with Crippen molar-refractivity contribution in [3.05, 3.63) is 18.0 Å². The number of carbonyl (C=O) groups excluding carboxylic acids is 1. The summed E-state index contributed by atoms with van der Waals surface area (Å²) in [5.41, 5.74) is 1.66. The number of nitrogens with zero attached hydrogens (tertiary/aromatic N) is 5. The molecule has 2 saturated carbocycles. The second-order valence-electron chi connectivity index (χ2n) is 11.9. The van der Waals surface area contributed by atoms with Gasteiger partial charge in [0.05, 0.1) is 0 Å². The highest BCUT2D eigenvalue weighted by molar-refractivity contribution is 5.83. The van der Waals surface area contributed by atoms with E-state index < -0.39 is 0 Å². The van der Waals surface area contributed by atoms with Gasteiger partial charge in [-0.25, -0.2) is 9.97 Å². The molecule has 4 aliphatic rings. The zero-order valence-electron chi connectivity index (χ0n) is 20.6. The fraction of sp³-hybridized carbons (Fsp3) is 0.808. The maximum Gasteiger partial charge on any atom is 0.225 e. The van der Waals surface area contributed by atoms with Gasteiger partial charge in [-0.05, 0) is 64.8 Å². The van der Waals surface area contributed by atoms with Gasteiger partial charge in [0, 0.05) is 73.6 Å². The molecular weight excluding hydrogens is 398 g/mol. The molecule has 6 heteroatoms. The fourth-order valence-electron chi connectivity index (χ4n) is 6.91. The number of piperazine rings is 1. The van der Waals surface area contributed by atoms with E-state index in [1.54, 1.807) is 0 Å². The molecule has 4 fully saturated rings. The number of Topliss-reactive ketones (excluding diaryl/α,β-unsaturated/α-hetero) is 1. The monoisotopic (exact) mass is 439 g/mol. The van der Waals surface area contributed by atoms with Gasteiger partial charge in [0.15, 0.2) is 0 Å². The fourth-order valence-corrected chi connectivity index (χ4v) is 6.91. The summed E-state index contributed by atoms with van der Waals surface area (Å²) in [6.45, 7) is 11.8. The Morgan fingerprint density at radius 2 is 1.66 bits per heavy atom. The lowest BCUT2D eigenvalue weighted by atomic mass is 9.48. The quantitative estimate of drug-likeness (QED) is 0.645. The van der Waals surface area contributed by atoms with Crippen molar-refractivity contribution >= 4 is 11.7 Å². The molecule has 2 saturated heterocycles. The minimum absolute atomic E-state index is 0.188. The van der Waals surface area contributed by atoms with Crippen molar-refractivity contribution in [2.24, 2.45) is 17.3 Å². The van der Waals surface area contributed by atoms with Crippen molar-refractivity contribution < 1.29 is 4.79 Å². The normalized spacial score (nSPS) is 34.4. The highest BCUT2D eigenvalue weighted by Crippen LogP contribution is 2.60. The van der Waals surface area contributed by atoms with E-state index in [9.17, 15) is 4.79 Å². The number of rotatable bonds is 7. The number of hydrogen-bond donors (Lipinski definition) is 0. The Bertz CT molecular complexity index is 809. The first kappa shape index (κ1) is 22.3. The van der Waals surface area contributed by atoms with E-state index in [0.717, 1.165) is 38.4 Å². The smallest absolute Gasteiger partial charge is 0.225 e. The second kappa shape index (κ2) is 8.35. The molecule has 2 bridgehead atoms. The topological polar surface area (TPSA) is 52.6 Å². The molecule has 0 amide bonds. The van der Waals surface area contributed by atoms with Gasteiger partial charge < -0.3 is 4.90 Å². The Balaban J connectivity index is 1.12. The summed E-state index contributed by atoms with van der Waals surface area (Å²) in [5.74, 6) is 1.92. The standard InChI is InChI=1S/C26H41N5O/c1-17(2)24(32)20-8-26(9-20)10-23(11-26)29(5)14-19-12-27-25(28-13-19)31-21-6-7-22(31)16-30(15-21)18(3)4/h12-13,17-18,20-23H,6-11,14-16H2,1-5H3. The number of likely N-dealkylation sites (tertiary alicyclic amines) is 1. The zero-order chi connectivity index (χ0) is 22.6. The Morgan fingerprint density at radius 1 is 1.06 bits per heavy atom. The lowest BCUT2D eigenvalue weighted by Crippen LogP contribution is -2.56. The maximum absolute atomic E-state index is 12.2. The van der Waals surface area contributed by atoms with E-state index in [4.69, 9.17) is 9.97 Å². The minimum atomic E-state index is 0.188. The Kier molecular flexibility index (Phi) is 5.81. The van der Waals surface area contributed by atoms with Crippen LogP contribution in [-0.4, -0.2) is 69.9 Å². The first-order valence-corrected chi connectivity index (χ1v) is 12.8. The summed E-state index contributed by atoms with van der Waals surface area (Å²) >= 11 is 0. The minimum Gasteiger partial charge on any atom is -0.332 e. The van der Waals surface area contributed by atoms with Gasteiger partial charge >= 0.3 is 0 Å². The lowest BCUT2D eigenvalue weighted by molar-refractivity contribution is -0.143. The van der Waals surface area contributed by atoms with E-state index in [1.165, 1.54) is 31.2 Å². The molecule has 32 heavy (non-hydrogen) atoms. The summed E-state index contributed by atoms with van der Waals surface area (Å²) in [7, 11) is 2.23. The summed E-state index contributed by atoms with van der Waals surface area (Å²) < 4.78 is 0. The van der Waals surface area contributed by atoms with E-state index >= 15 is 0 Å². The number of ketones is 1. The molecule has 2 aliphatic carbocycles. The summed E-state index contributed by atoms with van der Waals surface area (Å²) in [6.07, 6.45) is 11.3. The van der Waals surface area contributed by atoms with Crippen LogP contribution in [-0.2, 0) is 11.3 Å². The molecule has 2 unspecified atom stereocenters. The second-order valence-corrected chi connectivity index (χ2v) is 11.9. The molecule has 2 atom stereocenters. The van der Waals surface area contributed by atoms with E-state index in [0.29, 0.717) is 41.3 Å². The number of anilines is 1. The van der Waals surface area contributed by atoms with Gasteiger partial charge in [-0.15, -0.1) is 0 Å². The molecule has 0 aromatic carbocycles. The summed E-state index contributed by atoms with van der Waals surface area (Å²) in [4.78, 5) is 29.4. The van der Waals surface area contributed by atoms with Crippen molar-refractivity contribution in [3.8, 4) is 0 Å². The van der Waals surface area contributed by atoms with Gasteiger partial charge in [0.2, 0.25) is 5.95 Å². The SMILES string of the molecule is CC(C)C(=O)C1CC2(C1)CC(N(C)Cc1cnc(N3C4CCC3CN(C(C)C)C4)nc1)C2. The largest absolute Gasteiger partial charge is 0.332 e. The number of carbonyl (C=O) groups is 1. The Morgan fingerprint density at radius 3 is 2.19 bits per heavy atom. The van der Waals surface area contributed by atoms with Crippen molar-refractivity contribution in [2.75, 3.05) is 25.0 Å². The first-order chi connectivity index (χ1) is 15.2. The van der Waals surface area contributed by atoms with Crippen LogP contribution in [0.5, 0.6) is 0 Å². The summed E-state index contributed by atoms with van der Waals surface area (Å²) in [6, 6.07) is 2.37. The Hall–Kier alpha value is -1.53. The average Bonchev–Trinajstić information content (AvgIpc) is 2.95. The molecular formula is C26H41N5O. The van der Waals surface area contributed by atoms with Crippen molar-refractivity contribution in [1.82, 2.24) is 19.8 Å². The predicted molar refractivity (Wildman–Crippen MR) is 128 cm³/mol. The molecule has 1 aromatic heterocycles. The molecule has 6 nitrogen and oxygen atoms in total. The first-order valence-electron chi connectivity index (χ1n) is 12.8. The van der Waals surface area contributed by atoms with Crippen LogP contribution in [0.3, 0.4) is 0 Å². The summed E-state index contributed by atoms with van der Waals surface area (Å²) in [5, 5.41) is 0. The van der Waals surface area contributed by atoms with Crippen LogP contribution in [0.15, 0.2) is 12.4 Å². The highest BCUT2D eigenvalue weighted by atomic mass is 16.1. The molecule has 3 heterocycles. The average molecular weight is 440 g/mol. The number of hydrogen-bond acceptors (Lipinski definition) is 6. The van der Waals surface area contributed by atoms with Crippen molar-refractivity contribution in [1.29, 1.82) is 0 Å². The number of aromatic nitrogens is 2. The van der Waals surface area contributed by atoms with E-state index in [2.05, 4.69) is 35.6 Å². The lowest BCUT2D eigenvalue weighted by Gasteiger charge is -2.59. The molecule has 0 N–H and O–H groups in total. The molecule has 5 rings (SSSR count). The van der Waals surface area contributed by atoms with Crippen LogP contribution in [0.2, 0.25) is 0 Å². The number of fused-ring (bicyclic) bond motifs is 2. The third-order valence-corrected chi connectivity index (χ3v) is 8.89. The third kappa shape index (κ3) is 3.98. The van der Waals surface area contributed by atoms with Crippen LogP contribution in [0, 0.1) is 17.3 Å². The van der Waals surface area contributed by atoms with Crippen LogP contribution in [0.25, 0.3) is 0 Å². The van der Waals surface area contributed by atoms with E-state index in [1.807, 2.05) is 26.2 Å². The van der Waals surface area contributed by atoms with Crippen LogP contribution in [0.1, 0.15) is 71.8 Å². The van der Waals surface area contributed by atoms with Gasteiger partial charge in [0.1, 0.15) is 5.78 Å². The predicted octanol–water partition coefficient (Wildman–Crippen LogP) is 3.75. The zero-order valence-corrected chi connectivity index (χ0v) is 20.6.